The van der Waals surface area contributed by atoms with Crippen molar-refractivity contribution < 1.29 is 23.3 Å². The van der Waals surface area contributed by atoms with Crippen molar-refractivity contribution in [1.29, 1.82) is 0 Å². The first-order valence-corrected chi connectivity index (χ1v) is 18.7. The summed E-state index contributed by atoms with van der Waals surface area (Å²) in [4.78, 5) is 0. The summed E-state index contributed by atoms with van der Waals surface area (Å²) in [6, 6.07) is 44.0. The summed E-state index contributed by atoms with van der Waals surface area (Å²) in [6.45, 7) is 14.2. The van der Waals surface area contributed by atoms with Crippen LogP contribution in [0.4, 0.5) is 0 Å². The third-order valence-electron chi connectivity index (χ3n) is 8.29. The standard InChI is InChI=1S/C22H19.C18H17.2CH3.2ClH.Si.Zr/c1-14-11-20-16(3)15(2)13-22(21(20)12-14)19-10-6-8-17-7-4-5-9-18(17)19;1-13(2)16-11-15-9-6-10-17(18(15)12-16)14-7-4-3-5-8-14;;;;;;/h4-13H,1-3H3;3-13H,1-2H3;2*1H3;2*1H;;/q4*-1;;;;. The van der Waals surface area contributed by atoms with Crippen molar-refractivity contribution in [3.63, 3.8) is 0 Å². The molecule has 238 valence electrons. The van der Waals surface area contributed by atoms with Crippen molar-refractivity contribution in [3.05, 3.63) is 158 Å². The van der Waals surface area contributed by atoms with Gasteiger partial charge in [-0.15, -0.1) is 87.3 Å². The van der Waals surface area contributed by atoms with Gasteiger partial charge in [-0.25, -0.2) is 0 Å². The molecule has 0 spiro atoms. The van der Waals surface area contributed by atoms with Crippen molar-refractivity contribution in [1.82, 2.24) is 0 Å². The molecule has 0 saturated carbocycles. The molecule has 0 nitrogen and oxygen atoms in total. The maximum absolute atomic E-state index is 3.06. The van der Waals surface area contributed by atoms with Gasteiger partial charge in [0.15, 0.2) is 0 Å². The second-order valence-electron chi connectivity index (χ2n) is 11.4. The molecule has 0 atom stereocenters. The van der Waals surface area contributed by atoms with Crippen LogP contribution < -0.4 is 0 Å². The van der Waals surface area contributed by atoms with E-state index in [4.69, 9.17) is 0 Å². The van der Waals surface area contributed by atoms with E-state index in [1.165, 1.54) is 100 Å². The Morgan fingerprint density at radius 3 is 1.89 bits per heavy atom. The Labute approximate surface area is 306 Å². The quantitative estimate of drug-likeness (QED) is 0.125. The van der Waals surface area contributed by atoms with Gasteiger partial charge in [0.05, 0.1) is 0 Å². The maximum atomic E-state index is 3.06. The van der Waals surface area contributed by atoms with Crippen molar-refractivity contribution in [2.24, 2.45) is 0 Å². The van der Waals surface area contributed by atoms with E-state index in [1.807, 2.05) is 0 Å². The first-order chi connectivity index (χ1) is 20.4. The van der Waals surface area contributed by atoms with Crippen LogP contribution in [0.15, 0.2) is 121 Å². The third kappa shape index (κ3) is 8.59. The van der Waals surface area contributed by atoms with Crippen molar-refractivity contribution in [3.8, 4) is 22.3 Å². The zero-order chi connectivity index (χ0) is 29.8. The van der Waals surface area contributed by atoms with Gasteiger partial charge < -0.3 is 14.9 Å². The second-order valence-corrected chi connectivity index (χ2v) is 11.4. The Bertz CT molecular complexity index is 1980. The van der Waals surface area contributed by atoms with Gasteiger partial charge in [0.2, 0.25) is 0 Å². The van der Waals surface area contributed by atoms with Gasteiger partial charge in [0.25, 0.3) is 0 Å². The molecule has 7 rings (SSSR count). The topological polar surface area (TPSA) is 0 Å². The first kappa shape index (κ1) is 41.3. The number of benzene rings is 5. The number of aryl methyl sites for hydroxylation is 3. The molecule has 0 aliphatic carbocycles. The van der Waals surface area contributed by atoms with Gasteiger partial charge in [-0.3, -0.25) is 0 Å². The van der Waals surface area contributed by atoms with Gasteiger partial charge in [0, 0.05) is 0 Å². The monoisotopic (exact) mass is 736 g/mol. The molecule has 0 aliphatic rings. The summed E-state index contributed by atoms with van der Waals surface area (Å²) >= 11 is 1.36. The number of hydrogen-bond acceptors (Lipinski definition) is 0. The predicted octanol–water partition coefficient (Wildman–Crippen LogP) is 13.0. The fraction of sp³-hybridized carbons (Fsp3) is 0.143. The Hall–Kier alpha value is -2.74. The van der Waals surface area contributed by atoms with Crippen molar-refractivity contribution in [2.75, 3.05) is 0 Å². The fourth-order valence-electron chi connectivity index (χ4n) is 5.94. The molecule has 4 heteroatoms. The first-order valence-electron chi connectivity index (χ1n) is 14.6. The SMILES string of the molecule is CC(C)c1cc2c(-c3ccccc3)cccc2[cH-]1.Cc1cc2c(-c3cccc4ccccc34)cc(C)c(C)c2[cH-]1.Cl.Cl.[CH3-].[CH3-].[Si]=[Zr]. The minimum absolute atomic E-state index is 0. The zero-order valence-corrected chi connectivity index (χ0v) is 33.0. The summed E-state index contributed by atoms with van der Waals surface area (Å²) in [5, 5.41) is 8.10. The molecule has 7 aromatic carbocycles. The molecule has 0 fully saturated rings. The van der Waals surface area contributed by atoms with Crippen LogP contribution >= 0.6 is 24.8 Å². The van der Waals surface area contributed by atoms with Gasteiger partial charge >= 0.3 is 30.2 Å². The normalized spacial score (nSPS) is 9.93. The van der Waals surface area contributed by atoms with E-state index >= 15 is 0 Å². The fourth-order valence-corrected chi connectivity index (χ4v) is 5.94. The van der Waals surface area contributed by atoms with E-state index in [1.54, 1.807) is 0 Å². The van der Waals surface area contributed by atoms with Crippen LogP contribution in [0.5, 0.6) is 0 Å². The van der Waals surface area contributed by atoms with Crippen LogP contribution in [-0.2, 0) is 23.3 Å². The van der Waals surface area contributed by atoms with E-state index in [0.717, 1.165) is 0 Å². The van der Waals surface area contributed by atoms with Crippen LogP contribution in [0.1, 0.15) is 42.0 Å². The van der Waals surface area contributed by atoms with E-state index in [2.05, 4.69) is 163 Å². The van der Waals surface area contributed by atoms with Crippen LogP contribution in [0.25, 0.3) is 54.6 Å². The van der Waals surface area contributed by atoms with Crippen LogP contribution in [0.3, 0.4) is 0 Å². The van der Waals surface area contributed by atoms with Crippen LogP contribution in [0.2, 0.25) is 0 Å². The number of hydrogen-bond donors (Lipinski definition) is 0. The third-order valence-corrected chi connectivity index (χ3v) is 8.29. The molecule has 0 saturated heterocycles. The molecular weight excluding hydrogens is 695 g/mol. The van der Waals surface area contributed by atoms with Gasteiger partial charge in [-0.1, -0.05) is 129 Å². The van der Waals surface area contributed by atoms with E-state index in [0.29, 0.717) is 5.92 Å². The van der Waals surface area contributed by atoms with Gasteiger partial charge in [-0.05, 0) is 34.7 Å². The number of rotatable bonds is 3. The molecular formula is C42H44Cl2SiZr-4. The molecule has 2 radical (unpaired) electrons. The molecule has 0 aliphatic heterocycles. The Kier molecular flexibility index (Phi) is 16.7. The molecule has 0 N–H and O–H groups in total. The number of halogens is 2. The van der Waals surface area contributed by atoms with Gasteiger partial charge in [0.1, 0.15) is 0 Å². The van der Waals surface area contributed by atoms with Crippen molar-refractivity contribution >= 4 is 64.0 Å². The van der Waals surface area contributed by atoms with E-state index in [-0.39, 0.29) is 39.7 Å². The molecule has 0 heterocycles. The summed E-state index contributed by atoms with van der Waals surface area (Å²) in [7, 11) is 0. The Balaban J connectivity index is 0.000000409. The average molecular weight is 739 g/mol. The Morgan fingerprint density at radius 2 is 1.20 bits per heavy atom. The minimum atomic E-state index is 0. The average Bonchev–Trinajstić information content (AvgIpc) is 3.65. The van der Waals surface area contributed by atoms with Crippen LogP contribution in [-0.4, -0.2) is 6.88 Å². The summed E-state index contributed by atoms with van der Waals surface area (Å²) in [5.41, 5.74) is 10.8. The van der Waals surface area contributed by atoms with Gasteiger partial charge in [-0.2, -0.15) is 12.1 Å². The molecule has 0 amide bonds. The molecule has 7 aromatic rings. The zero-order valence-electron chi connectivity index (χ0n) is 27.9. The molecule has 0 unspecified atom stereocenters. The van der Waals surface area contributed by atoms with E-state index in [9.17, 15) is 0 Å². The number of fused-ring (bicyclic) bond motifs is 3. The summed E-state index contributed by atoms with van der Waals surface area (Å²) < 4.78 is 0. The second kappa shape index (κ2) is 18.6. The summed E-state index contributed by atoms with van der Waals surface area (Å²) in [6.07, 6.45) is 0. The summed E-state index contributed by atoms with van der Waals surface area (Å²) in [5.74, 6) is 0.584. The molecule has 0 bridgehead atoms. The van der Waals surface area contributed by atoms with Crippen molar-refractivity contribution in [2.45, 2.75) is 40.5 Å². The Morgan fingerprint density at radius 1 is 0.587 bits per heavy atom. The molecule has 46 heavy (non-hydrogen) atoms. The van der Waals surface area contributed by atoms with E-state index < -0.39 is 0 Å². The predicted molar refractivity (Wildman–Crippen MR) is 209 cm³/mol. The molecule has 0 aromatic heterocycles. The van der Waals surface area contributed by atoms with Crippen LogP contribution in [0, 0.1) is 35.6 Å².